The number of thiazole rings is 2. The number of methoxy groups -OCH3 is 2. The molecule has 7 aliphatic carbocycles. The van der Waals surface area contributed by atoms with Crippen molar-refractivity contribution in [1.82, 2.24) is 51.0 Å². The number of benzene rings is 2. The molecule has 39 nitrogen and oxygen atoms in total. The molecule has 9 fully saturated rings. The van der Waals surface area contributed by atoms with E-state index in [0.29, 0.717) is 98.1 Å². The highest BCUT2D eigenvalue weighted by Crippen LogP contribution is 2.73. The number of amides is 6. The molecule has 9 aliphatic rings. The molecule has 7 saturated carbocycles. The van der Waals surface area contributed by atoms with Crippen molar-refractivity contribution in [2.24, 2.45) is 40.4 Å². The Labute approximate surface area is 814 Å². The number of carbonyl (C=O) groups is 9. The van der Waals surface area contributed by atoms with E-state index in [1.807, 2.05) is 50.6 Å². The second kappa shape index (κ2) is 45.5. The molecule has 6 aromatic rings. The van der Waals surface area contributed by atoms with Gasteiger partial charge in [-0.1, -0.05) is 65.3 Å². The van der Waals surface area contributed by atoms with E-state index in [1.165, 1.54) is 44.6 Å². The van der Waals surface area contributed by atoms with Gasteiger partial charge >= 0.3 is 45.8 Å². The van der Waals surface area contributed by atoms with Crippen LogP contribution >= 0.6 is 49.5 Å². The number of alkyl halides is 1. The van der Waals surface area contributed by atoms with Crippen LogP contribution in [0.25, 0.3) is 44.6 Å². The molecule has 2 aromatic carbocycles. The van der Waals surface area contributed by atoms with Crippen LogP contribution in [0.3, 0.4) is 0 Å². The Morgan fingerprint density at radius 3 is 1.24 bits per heavy atom. The van der Waals surface area contributed by atoms with Crippen molar-refractivity contribution >= 4 is 136 Å². The van der Waals surface area contributed by atoms with Crippen LogP contribution in [0.4, 0.5) is 34.2 Å². The van der Waals surface area contributed by atoms with Crippen molar-refractivity contribution in [2.45, 2.75) is 256 Å². The molecule has 15 rings (SSSR count). The third kappa shape index (κ3) is 27.4. The number of anilines is 2. The number of nitrogens with one attached hydrogen (secondary N) is 6. The fourth-order valence-corrected chi connectivity index (χ4v) is 21.9. The van der Waals surface area contributed by atoms with Crippen LogP contribution in [0.5, 0.6) is 23.0 Å². The molecule has 0 unspecified atom stereocenters. The predicted molar refractivity (Wildman–Crippen MR) is 512 cm³/mol. The first-order valence-corrected chi connectivity index (χ1v) is 52.2. The zero-order valence-corrected chi connectivity index (χ0v) is 83.9. The van der Waals surface area contributed by atoms with Gasteiger partial charge in [0, 0.05) is 82.6 Å². The first-order chi connectivity index (χ1) is 65.6. The standard InChI is InChI=1S/C50H67N6O15PS.C38H51N6O9PS.C6H9ClO3/c1-8-32-22-50(32,72(62,68-27-66-47(60)64-24-30-13-14-30)69-28-67-48(61)65-25-31-15-16-31)55-43(57)40-20-35(23-56(40)44(58)42(49(4,5)6)54-46(59)71-33-11-9-10-12-33)70-41-21-38(39-26-73-45(53-39)51-29(2)3)52-37-19-34(63-7)17-18-36(37)41;1-8-22-18-38(22,54(48,49)50)43-33(45)30-16-25(19-44(30)34(46)32(37(4,5)6)42-36(47)53-23-11-9-10-12-23)52-31-17-28(29-20-55-35(41-29)39-21(2)3)40-27-15-24(51-7)13-14-26(27)31;7-4-10-6(8)9-3-5-1-2-5/h8,17-19,21,26,29-33,35,40,42H,1,9-16,20,22-25,27-28H2,2-7H3,(H,51,53)(H,54,59)(H,55,57);8,13-15,17,20-23,25,30,32H,1,9-12,16,18-19H2,2-7H3,(H,39,41)(H,42,47)(H,43,45)(H2,48,49,50);5H,1-4H2/t32-,35-,40+,42-,50+;22-,25-,30+,32-,38+;/m11./s1. The van der Waals surface area contributed by atoms with Crippen LogP contribution in [-0.4, -0.2) is 232 Å². The number of fused-ring (bicyclic) bond motifs is 2. The maximum Gasteiger partial charge on any atom is 0.510 e. The summed E-state index contributed by atoms with van der Waals surface area (Å²) in [6.45, 7) is 25.1. The number of ether oxygens (including phenoxy) is 12. The van der Waals surface area contributed by atoms with Crippen LogP contribution in [0, 0.1) is 40.4 Å². The Kier molecular flexibility index (Phi) is 34.6. The van der Waals surface area contributed by atoms with Crippen LogP contribution in [0.2, 0.25) is 0 Å². The van der Waals surface area contributed by atoms with E-state index in [0.717, 1.165) is 82.2 Å². The number of hydrogen-bond acceptors (Lipinski definition) is 33. The first-order valence-electron chi connectivity index (χ1n) is 46.7. The van der Waals surface area contributed by atoms with Gasteiger partial charge in [0.1, 0.15) is 93.5 Å². The number of alkyl carbamates (subject to hydrolysis) is 2. The van der Waals surface area contributed by atoms with Gasteiger partial charge in [-0.2, -0.15) is 0 Å². The van der Waals surface area contributed by atoms with Gasteiger partial charge in [-0.15, -0.1) is 35.8 Å². The molecule has 138 heavy (non-hydrogen) atoms. The van der Waals surface area contributed by atoms with Gasteiger partial charge in [-0.25, -0.2) is 43.9 Å². The van der Waals surface area contributed by atoms with Crippen molar-refractivity contribution in [1.29, 1.82) is 0 Å². The molecule has 754 valence electrons. The minimum Gasteiger partial charge on any atom is -0.497 e. The maximum atomic E-state index is 15.2. The van der Waals surface area contributed by atoms with Crippen LogP contribution in [-0.2, 0) is 75.3 Å². The first kappa shape index (κ1) is 105. The van der Waals surface area contributed by atoms with Crippen LogP contribution in [0.1, 0.15) is 185 Å². The molecule has 10 atom stereocenters. The third-order valence-electron chi connectivity index (χ3n) is 25.1. The zero-order valence-electron chi connectivity index (χ0n) is 79.8. The summed E-state index contributed by atoms with van der Waals surface area (Å²) < 4.78 is 105. The Balaban J connectivity index is 0.000000218. The molecule has 6 heterocycles. The molecule has 4 aromatic heterocycles. The van der Waals surface area contributed by atoms with Crippen LogP contribution in [0.15, 0.2) is 84.6 Å². The minimum atomic E-state index is -4.83. The van der Waals surface area contributed by atoms with E-state index in [-0.39, 0.29) is 94.2 Å². The third-order valence-corrected chi connectivity index (χ3v) is 30.9. The molecular formula is C94H127ClN12O27P2S2. The molecule has 0 bridgehead atoms. The number of nitrogens with zero attached hydrogens (tertiary/aromatic N) is 6. The van der Waals surface area contributed by atoms with Crippen molar-refractivity contribution in [3.05, 3.63) is 84.6 Å². The van der Waals surface area contributed by atoms with Gasteiger partial charge in [0.25, 0.3) is 0 Å². The van der Waals surface area contributed by atoms with Gasteiger partial charge in [0.05, 0.1) is 69.6 Å². The number of aromatic nitrogens is 4. The highest BCUT2D eigenvalue weighted by molar-refractivity contribution is 7.56. The summed E-state index contributed by atoms with van der Waals surface area (Å²) in [6, 6.07) is 9.65. The fraction of sp³-hybridized carbons (Fsp3) is 0.606. The monoisotopic (exact) mass is 2020 g/mol. The smallest absolute Gasteiger partial charge is 0.497 e. The van der Waals surface area contributed by atoms with Crippen LogP contribution < -0.4 is 50.8 Å². The van der Waals surface area contributed by atoms with E-state index in [9.17, 15) is 47.9 Å². The van der Waals surface area contributed by atoms with Gasteiger partial charge < -0.3 is 108 Å². The number of carbonyl (C=O) groups excluding carboxylic acids is 9. The summed E-state index contributed by atoms with van der Waals surface area (Å²) in [6.07, 6.45) is 9.02. The number of likely N-dealkylation sites (tertiary alicyclic amines) is 2. The average molecular weight is 2020 g/mol. The lowest BCUT2D eigenvalue weighted by molar-refractivity contribution is -0.142. The average Bonchev–Trinajstić information content (AvgIpc) is 1.53. The number of halogens is 1. The number of hydrogen-bond donors (Lipinski definition) is 8. The van der Waals surface area contributed by atoms with Gasteiger partial charge in [-0.3, -0.25) is 37.4 Å². The normalized spacial score (nSPS) is 22.3. The molecule has 6 amide bonds. The lowest BCUT2D eigenvalue weighted by Gasteiger charge is -2.36. The van der Waals surface area contributed by atoms with Crippen molar-refractivity contribution in [3.63, 3.8) is 0 Å². The second-order valence-corrected chi connectivity index (χ2v) is 45.1. The lowest BCUT2D eigenvalue weighted by atomic mass is 9.85. The molecule has 44 heteroatoms. The summed E-state index contributed by atoms with van der Waals surface area (Å²) in [5.41, 5.74) is 1.67. The van der Waals surface area contributed by atoms with E-state index in [2.05, 4.69) is 54.5 Å². The molecule has 0 radical (unpaired) electrons. The Hall–Kier alpha value is -10.4. The molecular weight excluding hydrogens is 1890 g/mol. The van der Waals surface area contributed by atoms with Gasteiger partial charge in [0.2, 0.25) is 37.2 Å². The Morgan fingerprint density at radius 2 is 0.899 bits per heavy atom. The Morgan fingerprint density at radius 1 is 0.522 bits per heavy atom. The highest BCUT2D eigenvalue weighted by Gasteiger charge is 2.70. The van der Waals surface area contributed by atoms with E-state index in [4.69, 9.17) is 88.0 Å². The molecule has 2 aliphatic heterocycles. The largest absolute Gasteiger partial charge is 0.510 e. The maximum absolute atomic E-state index is 15.2. The SMILES string of the molecule is C=C[C@@H]1C[C@]1(NC(=O)[C@@H]1C[C@@H](Oc2cc(-c3csc(NC(C)C)n3)nc3cc(OC)ccc23)CN1C(=O)[C@@H](NC(=O)OC1CCCC1)C(C)(C)C)P(=O)(O)O.C=C[C@@H]1C[C@]1(NC(=O)[C@@H]1C[C@@H](Oc2cc(-c3csc(NC(C)C)n3)nc3cc(OC)ccc23)CN1C(=O)[C@@H](NC(=O)OC1CCCC1)C(C)(C)C)P(=O)(OCOC(=O)OCC1CC1)OCOC(=O)OCC1CC1.O=C(OCCl)OCC1CC1. The summed E-state index contributed by atoms with van der Waals surface area (Å²) in [5, 5.41) is 20.5. The summed E-state index contributed by atoms with van der Waals surface area (Å²) >= 11 is 7.98. The predicted octanol–water partition coefficient (Wildman–Crippen LogP) is 16.5. The number of pyridine rings is 2. The van der Waals surface area contributed by atoms with Gasteiger partial charge in [0.15, 0.2) is 16.3 Å². The summed E-state index contributed by atoms with van der Waals surface area (Å²) in [4.78, 5) is 164. The molecule has 2 saturated heterocycles. The van der Waals surface area contributed by atoms with Crippen molar-refractivity contribution in [3.8, 4) is 45.8 Å². The fourth-order valence-electron chi connectivity index (χ4n) is 16.7. The van der Waals surface area contributed by atoms with Crippen molar-refractivity contribution < 1.29 is 128 Å². The topological polar surface area (TPSA) is 488 Å². The summed E-state index contributed by atoms with van der Waals surface area (Å²) in [5.74, 6) is -1.05. The highest BCUT2D eigenvalue weighted by atomic mass is 35.5. The quantitative estimate of drug-likeness (QED) is 0.00444. The Bertz CT molecular complexity index is 5440. The number of rotatable bonds is 39. The second-order valence-electron chi connectivity index (χ2n) is 38.9. The summed E-state index contributed by atoms with van der Waals surface area (Å²) in [7, 11) is -6.43. The zero-order chi connectivity index (χ0) is 99.3. The van der Waals surface area contributed by atoms with Crippen molar-refractivity contribution in [2.75, 3.05) is 77.4 Å². The molecule has 0 spiro atoms. The van der Waals surface area contributed by atoms with E-state index < -0.39 is 153 Å². The minimum absolute atomic E-state index is 0.00650. The van der Waals surface area contributed by atoms with E-state index in [1.54, 1.807) is 92.2 Å². The lowest BCUT2D eigenvalue weighted by Crippen LogP contribution is -2.58. The molecule has 8 N–H and O–H groups in total. The van der Waals surface area contributed by atoms with E-state index >= 15 is 14.2 Å². The van der Waals surface area contributed by atoms with Gasteiger partial charge in [-0.05, 0) is 183 Å².